The van der Waals surface area contributed by atoms with Gasteiger partial charge in [0.2, 0.25) is 0 Å². The summed E-state index contributed by atoms with van der Waals surface area (Å²) < 4.78 is 6.92. The number of nitrogens with one attached hydrogen (secondary N) is 1. The first-order valence-corrected chi connectivity index (χ1v) is 10.3. The molecule has 0 amide bonds. The maximum absolute atomic E-state index is 11.3. The molecule has 3 rings (SSSR count). The molecule has 0 saturated carbocycles. The van der Waals surface area contributed by atoms with Crippen molar-refractivity contribution in [3.63, 3.8) is 0 Å². The van der Waals surface area contributed by atoms with E-state index in [-0.39, 0.29) is 5.56 Å². The number of halogens is 3. The van der Waals surface area contributed by atoms with Gasteiger partial charge in [0.25, 0.3) is 0 Å². The summed E-state index contributed by atoms with van der Waals surface area (Å²) in [6.45, 7) is 2.60. The lowest BCUT2D eigenvalue weighted by Gasteiger charge is -2.15. The maximum atomic E-state index is 11.3. The Labute approximate surface area is 187 Å². The SMILES string of the molecule is Cc1c(NCc2cc(Br)ccc2OCc2ccc(Cl)c(Cl)c2)cccc1C(=O)O. The third-order valence-electron chi connectivity index (χ3n) is 4.43. The highest BCUT2D eigenvalue weighted by Crippen LogP contribution is 2.28. The van der Waals surface area contributed by atoms with Crippen LogP contribution >= 0.6 is 39.1 Å². The molecule has 4 nitrogen and oxygen atoms in total. The third kappa shape index (κ3) is 5.44. The van der Waals surface area contributed by atoms with Gasteiger partial charge in [-0.1, -0.05) is 51.3 Å². The molecule has 3 aromatic carbocycles. The molecule has 0 aliphatic rings. The number of anilines is 1. The number of rotatable bonds is 7. The molecular weight excluding hydrogens is 477 g/mol. The highest BCUT2D eigenvalue weighted by atomic mass is 79.9. The molecule has 0 unspecified atom stereocenters. The maximum Gasteiger partial charge on any atom is 0.336 e. The highest BCUT2D eigenvalue weighted by Gasteiger charge is 2.11. The summed E-state index contributed by atoms with van der Waals surface area (Å²) in [5.41, 5.74) is 3.57. The Kier molecular flexibility index (Phi) is 7.06. The van der Waals surface area contributed by atoms with Crippen LogP contribution in [0.25, 0.3) is 0 Å². The monoisotopic (exact) mass is 493 g/mol. The van der Waals surface area contributed by atoms with Crippen LogP contribution in [0, 0.1) is 6.92 Å². The summed E-state index contributed by atoms with van der Waals surface area (Å²) in [4.78, 5) is 11.3. The molecule has 0 aliphatic carbocycles. The number of benzene rings is 3. The number of carboxylic acid groups (broad SMARTS) is 1. The second kappa shape index (κ2) is 9.53. The summed E-state index contributed by atoms with van der Waals surface area (Å²) in [5, 5.41) is 13.6. The van der Waals surface area contributed by atoms with Crippen molar-refractivity contribution in [1.29, 1.82) is 0 Å². The van der Waals surface area contributed by atoms with Gasteiger partial charge in [0.15, 0.2) is 0 Å². The second-order valence-corrected chi connectivity index (χ2v) is 8.16. The summed E-state index contributed by atoms with van der Waals surface area (Å²) in [6, 6.07) is 16.3. The van der Waals surface area contributed by atoms with Gasteiger partial charge in [0, 0.05) is 22.3 Å². The quantitative estimate of drug-likeness (QED) is 0.373. The largest absolute Gasteiger partial charge is 0.489 e. The van der Waals surface area contributed by atoms with Crippen molar-refractivity contribution in [3.05, 3.63) is 91.4 Å². The van der Waals surface area contributed by atoms with Crippen LogP contribution in [-0.2, 0) is 13.2 Å². The molecule has 3 aromatic rings. The number of carboxylic acids is 1. The van der Waals surface area contributed by atoms with Gasteiger partial charge in [0.1, 0.15) is 12.4 Å². The molecule has 29 heavy (non-hydrogen) atoms. The van der Waals surface area contributed by atoms with E-state index in [1.807, 2.05) is 30.3 Å². The van der Waals surface area contributed by atoms with E-state index in [9.17, 15) is 9.90 Å². The van der Waals surface area contributed by atoms with E-state index < -0.39 is 5.97 Å². The highest BCUT2D eigenvalue weighted by molar-refractivity contribution is 9.10. The fraction of sp³-hybridized carbons (Fsp3) is 0.136. The van der Waals surface area contributed by atoms with Crippen LogP contribution in [0.3, 0.4) is 0 Å². The van der Waals surface area contributed by atoms with E-state index in [2.05, 4.69) is 21.2 Å². The number of ether oxygens (including phenoxy) is 1. The first kappa shape index (κ1) is 21.5. The standard InChI is InChI=1S/C22H18BrCl2NO3/c1-13-17(22(27)28)3-2-4-20(13)26-11-15-10-16(23)6-8-21(15)29-12-14-5-7-18(24)19(25)9-14/h2-10,26H,11-12H2,1H3,(H,27,28). The Morgan fingerprint density at radius 2 is 1.90 bits per heavy atom. The Morgan fingerprint density at radius 1 is 1.10 bits per heavy atom. The zero-order valence-electron chi connectivity index (χ0n) is 15.5. The average Bonchev–Trinajstić information content (AvgIpc) is 2.68. The fourth-order valence-electron chi connectivity index (χ4n) is 2.87. The summed E-state index contributed by atoms with van der Waals surface area (Å²) in [5.74, 6) is -0.224. The minimum Gasteiger partial charge on any atom is -0.489 e. The van der Waals surface area contributed by atoms with Gasteiger partial charge in [-0.3, -0.25) is 0 Å². The zero-order chi connectivity index (χ0) is 21.0. The zero-order valence-corrected chi connectivity index (χ0v) is 18.6. The Morgan fingerprint density at radius 3 is 2.62 bits per heavy atom. The lowest BCUT2D eigenvalue weighted by molar-refractivity contribution is 0.0696. The molecule has 7 heteroatoms. The number of hydrogen-bond donors (Lipinski definition) is 2. The van der Waals surface area contributed by atoms with E-state index in [0.29, 0.717) is 28.8 Å². The Balaban J connectivity index is 1.76. The van der Waals surface area contributed by atoms with Crippen molar-refractivity contribution >= 4 is 50.8 Å². The molecule has 2 N–H and O–H groups in total. The Bertz CT molecular complexity index is 1060. The summed E-state index contributed by atoms with van der Waals surface area (Å²) in [7, 11) is 0. The van der Waals surface area contributed by atoms with Crippen molar-refractivity contribution in [2.45, 2.75) is 20.1 Å². The smallest absolute Gasteiger partial charge is 0.336 e. The van der Waals surface area contributed by atoms with Crippen LogP contribution in [0.1, 0.15) is 27.0 Å². The van der Waals surface area contributed by atoms with Gasteiger partial charge in [-0.25, -0.2) is 4.79 Å². The second-order valence-electron chi connectivity index (χ2n) is 6.43. The van der Waals surface area contributed by atoms with Gasteiger partial charge in [-0.2, -0.15) is 0 Å². The van der Waals surface area contributed by atoms with Gasteiger partial charge in [-0.05, 0) is 60.5 Å². The number of aromatic carboxylic acids is 1. The number of carbonyl (C=O) groups is 1. The van der Waals surface area contributed by atoms with Crippen LogP contribution in [0.4, 0.5) is 5.69 Å². The van der Waals surface area contributed by atoms with E-state index in [1.54, 1.807) is 31.2 Å². The van der Waals surface area contributed by atoms with Crippen LogP contribution in [0.2, 0.25) is 10.0 Å². The Hall–Kier alpha value is -2.21. The van der Waals surface area contributed by atoms with E-state index >= 15 is 0 Å². The lowest BCUT2D eigenvalue weighted by atomic mass is 10.1. The predicted molar refractivity (Wildman–Crippen MR) is 120 cm³/mol. The molecule has 0 radical (unpaired) electrons. The molecule has 0 heterocycles. The normalized spacial score (nSPS) is 10.6. The van der Waals surface area contributed by atoms with Gasteiger partial charge < -0.3 is 15.2 Å². The van der Waals surface area contributed by atoms with E-state index in [0.717, 1.165) is 27.0 Å². The van der Waals surface area contributed by atoms with Gasteiger partial charge >= 0.3 is 5.97 Å². The predicted octanol–water partition coefficient (Wildman–Crippen LogP) is 6.95. The van der Waals surface area contributed by atoms with Crippen LogP contribution in [0.15, 0.2) is 59.1 Å². The summed E-state index contributed by atoms with van der Waals surface area (Å²) >= 11 is 15.5. The molecular formula is C22H18BrCl2NO3. The van der Waals surface area contributed by atoms with Gasteiger partial charge in [-0.15, -0.1) is 0 Å². The van der Waals surface area contributed by atoms with Crippen LogP contribution in [0.5, 0.6) is 5.75 Å². The fourth-order valence-corrected chi connectivity index (χ4v) is 3.60. The molecule has 0 bridgehead atoms. The van der Waals surface area contributed by atoms with Crippen molar-refractivity contribution in [2.75, 3.05) is 5.32 Å². The molecule has 0 aromatic heterocycles. The molecule has 0 atom stereocenters. The van der Waals surface area contributed by atoms with E-state index in [1.165, 1.54) is 0 Å². The topological polar surface area (TPSA) is 58.6 Å². The first-order chi connectivity index (χ1) is 13.8. The van der Waals surface area contributed by atoms with Gasteiger partial charge in [0.05, 0.1) is 15.6 Å². The van der Waals surface area contributed by atoms with Crippen molar-refractivity contribution in [3.8, 4) is 5.75 Å². The minimum absolute atomic E-state index is 0.278. The van der Waals surface area contributed by atoms with Crippen LogP contribution < -0.4 is 10.1 Å². The van der Waals surface area contributed by atoms with Crippen LogP contribution in [-0.4, -0.2) is 11.1 Å². The molecule has 0 fully saturated rings. The lowest BCUT2D eigenvalue weighted by Crippen LogP contribution is -2.07. The number of hydrogen-bond acceptors (Lipinski definition) is 3. The first-order valence-electron chi connectivity index (χ1n) is 8.77. The summed E-state index contributed by atoms with van der Waals surface area (Å²) in [6.07, 6.45) is 0. The molecule has 0 spiro atoms. The third-order valence-corrected chi connectivity index (χ3v) is 5.67. The minimum atomic E-state index is -0.945. The molecule has 0 aliphatic heterocycles. The average molecular weight is 495 g/mol. The van der Waals surface area contributed by atoms with Crippen molar-refractivity contribution in [1.82, 2.24) is 0 Å². The van der Waals surface area contributed by atoms with E-state index in [4.69, 9.17) is 27.9 Å². The van der Waals surface area contributed by atoms with Crippen molar-refractivity contribution in [2.24, 2.45) is 0 Å². The molecule has 0 saturated heterocycles. The molecule has 150 valence electrons. The van der Waals surface area contributed by atoms with Crippen molar-refractivity contribution < 1.29 is 14.6 Å².